The molecule has 0 spiro atoms. The highest BCUT2D eigenvalue weighted by Crippen LogP contribution is 2.21. The Bertz CT molecular complexity index is 750. The Morgan fingerprint density at radius 3 is 2.88 bits per heavy atom. The van der Waals surface area contributed by atoms with Crippen LogP contribution in [-0.4, -0.2) is 9.38 Å². The van der Waals surface area contributed by atoms with E-state index in [1.54, 1.807) is 10.6 Å². The van der Waals surface area contributed by atoms with Crippen LogP contribution >= 0.6 is 0 Å². The molecule has 0 amide bonds. The number of aromatic nitrogens is 2. The first-order valence-electron chi connectivity index (χ1n) is 5.27. The highest BCUT2D eigenvalue weighted by molar-refractivity contribution is 5.95. The summed E-state index contributed by atoms with van der Waals surface area (Å²) in [5.74, 6) is 0. The molecule has 3 rings (SSSR count). The number of nitrogens with zero attached hydrogens (tertiary/aromatic N) is 1. The second-order valence-corrected chi connectivity index (χ2v) is 4.20. The van der Waals surface area contributed by atoms with E-state index in [2.05, 4.69) is 24.0 Å². The van der Waals surface area contributed by atoms with Crippen LogP contribution in [0.2, 0.25) is 0 Å². The summed E-state index contributed by atoms with van der Waals surface area (Å²) >= 11 is 0. The Morgan fingerprint density at radius 1 is 1.25 bits per heavy atom. The fraction of sp³-hybridized carbons (Fsp3) is 0.154. The molecule has 2 heterocycles. The first-order valence-corrected chi connectivity index (χ1v) is 5.27. The van der Waals surface area contributed by atoms with Crippen molar-refractivity contribution in [3.05, 3.63) is 52.1 Å². The topological polar surface area (TPSA) is 37.3 Å². The summed E-state index contributed by atoms with van der Waals surface area (Å²) in [6.07, 6.45) is 1.78. The van der Waals surface area contributed by atoms with Crippen molar-refractivity contribution in [1.82, 2.24) is 9.38 Å². The average Bonchev–Trinajstić information content (AvgIpc) is 2.69. The summed E-state index contributed by atoms with van der Waals surface area (Å²) in [7, 11) is 0. The Hall–Kier alpha value is -2.03. The van der Waals surface area contributed by atoms with Gasteiger partial charge in [0.15, 0.2) is 0 Å². The van der Waals surface area contributed by atoms with Gasteiger partial charge in [0, 0.05) is 11.6 Å². The van der Waals surface area contributed by atoms with Crippen molar-refractivity contribution in [2.75, 3.05) is 0 Å². The van der Waals surface area contributed by atoms with Gasteiger partial charge >= 0.3 is 5.69 Å². The molecule has 1 N–H and O–H groups in total. The molecule has 80 valence electrons. The fourth-order valence-corrected chi connectivity index (χ4v) is 2.28. The summed E-state index contributed by atoms with van der Waals surface area (Å²) in [4.78, 5) is 14.7. The number of H-pyrrole nitrogens is 1. The van der Waals surface area contributed by atoms with Crippen LogP contribution in [0.3, 0.4) is 0 Å². The number of nitrogens with one attached hydrogen (secondary N) is 1. The maximum Gasteiger partial charge on any atom is 0.330 e. The van der Waals surface area contributed by atoms with Crippen LogP contribution in [0.5, 0.6) is 0 Å². The number of aryl methyl sites for hydroxylation is 2. The molecule has 3 aromatic rings. The van der Waals surface area contributed by atoms with Crippen molar-refractivity contribution >= 4 is 16.4 Å². The minimum atomic E-state index is -0.0838. The van der Waals surface area contributed by atoms with Gasteiger partial charge < -0.3 is 4.98 Å². The molecule has 0 radical (unpaired) electrons. The number of hydrogen-bond donors (Lipinski definition) is 1. The molecule has 0 atom stereocenters. The van der Waals surface area contributed by atoms with E-state index in [1.807, 2.05) is 19.1 Å². The van der Waals surface area contributed by atoms with E-state index < -0.39 is 0 Å². The monoisotopic (exact) mass is 212 g/mol. The average molecular weight is 212 g/mol. The summed E-state index contributed by atoms with van der Waals surface area (Å²) in [6.45, 7) is 4.09. The van der Waals surface area contributed by atoms with Gasteiger partial charge in [0.1, 0.15) is 0 Å². The molecule has 0 bridgehead atoms. The van der Waals surface area contributed by atoms with E-state index in [-0.39, 0.29) is 5.69 Å². The third-order valence-electron chi connectivity index (χ3n) is 2.96. The molecule has 0 saturated carbocycles. The van der Waals surface area contributed by atoms with Crippen LogP contribution < -0.4 is 5.69 Å². The molecular formula is C13H12N2O. The van der Waals surface area contributed by atoms with Gasteiger partial charge in [0.2, 0.25) is 0 Å². The van der Waals surface area contributed by atoms with Crippen LogP contribution in [0.15, 0.2) is 35.3 Å². The van der Waals surface area contributed by atoms with Gasteiger partial charge in [-0.2, -0.15) is 0 Å². The molecule has 0 aliphatic carbocycles. The molecule has 3 nitrogen and oxygen atoms in total. The minimum absolute atomic E-state index is 0.0838. The Labute approximate surface area is 92.3 Å². The summed E-state index contributed by atoms with van der Waals surface area (Å²) in [6, 6.07) is 8.05. The van der Waals surface area contributed by atoms with E-state index in [4.69, 9.17) is 0 Å². The predicted molar refractivity (Wildman–Crippen MR) is 65.0 cm³/mol. The van der Waals surface area contributed by atoms with E-state index in [0.717, 1.165) is 22.0 Å². The molecule has 16 heavy (non-hydrogen) atoms. The normalized spacial score (nSPS) is 11.4. The Kier molecular flexibility index (Phi) is 1.72. The first-order chi connectivity index (χ1) is 7.66. The van der Waals surface area contributed by atoms with E-state index >= 15 is 0 Å². The molecule has 3 heteroatoms. The second kappa shape index (κ2) is 2.98. The van der Waals surface area contributed by atoms with E-state index in [9.17, 15) is 4.79 Å². The lowest BCUT2D eigenvalue weighted by molar-refractivity contribution is 1.03. The van der Waals surface area contributed by atoms with Crippen molar-refractivity contribution in [2.45, 2.75) is 13.8 Å². The molecule has 0 aliphatic heterocycles. The van der Waals surface area contributed by atoms with Crippen molar-refractivity contribution < 1.29 is 0 Å². The quantitative estimate of drug-likeness (QED) is 0.610. The highest BCUT2D eigenvalue weighted by atomic mass is 16.1. The third kappa shape index (κ3) is 1.11. The Morgan fingerprint density at radius 2 is 2.06 bits per heavy atom. The zero-order valence-electron chi connectivity index (χ0n) is 9.24. The largest absolute Gasteiger partial charge is 0.330 e. The van der Waals surface area contributed by atoms with E-state index in [0.29, 0.717) is 0 Å². The summed E-state index contributed by atoms with van der Waals surface area (Å²) < 4.78 is 1.64. The van der Waals surface area contributed by atoms with Gasteiger partial charge in [-0.3, -0.25) is 4.40 Å². The number of rotatable bonds is 0. The van der Waals surface area contributed by atoms with Gasteiger partial charge in [0.05, 0.1) is 11.0 Å². The molecule has 0 saturated heterocycles. The SMILES string of the molecule is Cc1cc(C)c2[nH]c(=O)n3cccc3c2c1. The zero-order chi connectivity index (χ0) is 11.3. The maximum atomic E-state index is 11.8. The van der Waals surface area contributed by atoms with Crippen LogP contribution in [0.1, 0.15) is 11.1 Å². The van der Waals surface area contributed by atoms with Gasteiger partial charge in [-0.1, -0.05) is 11.6 Å². The van der Waals surface area contributed by atoms with Crippen molar-refractivity contribution in [1.29, 1.82) is 0 Å². The van der Waals surface area contributed by atoms with Gasteiger partial charge in [-0.05, 0) is 37.6 Å². The lowest BCUT2D eigenvalue weighted by Gasteiger charge is -2.06. The van der Waals surface area contributed by atoms with Crippen molar-refractivity contribution in [3.8, 4) is 0 Å². The molecule has 0 aliphatic rings. The van der Waals surface area contributed by atoms with Crippen molar-refractivity contribution in [3.63, 3.8) is 0 Å². The van der Waals surface area contributed by atoms with Crippen molar-refractivity contribution in [2.24, 2.45) is 0 Å². The standard InChI is InChI=1S/C13H12N2O/c1-8-6-9(2)12-10(7-8)11-4-3-5-15(11)13(16)14-12/h3-7H,1-2H3,(H,14,16). The van der Waals surface area contributed by atoms with Gasteiger partial charge in [-0.15, -0.1) is 0 Å². The smallest absolute Gasteiger partial charge is 0.306 e. The number of fused-ring (bicyclic) bond motifs is 3. The zero-order valence-corrected chi connectivity index (χ0v) is 9.24. The minimum Gasteiger partial charge on any atom is -0.306 e. The number of aromatic amines is 1. The molecule has 0 fully saturated rings. The predicted octanol–water partition coefficient (Wildman–Crippen LogP) is 2.40. The highest BCUT2D eigenvalue weighted by Gasteiger charge is 2.06. The number of benzene rings is 1. The van der Waals surface area contributed by atoms with Crippen LogP contribution in [-0.2, 0) is 0 Å². The van der Waals surface area contributed by atoms with Gasteiger partial charge in [0.25, 0.3) is 0 Å². The number of hydrogen-bond acceptors (Lipinski definition) is 1. The van der Waals surface area contributed by atoms with E-state index in [1.165, 1.54) is 5.56 Å². The molecule has 0 unspecified atom stereocenters. The first kappa shape index (κ1) is 9.21. The Balaban J connectivity index is 2.69. The molecular weight excluding hydrogens is 200 g/mol. The second-order valence-electron chi connectivity index (χ2n) is 4.20. The molecule has 1 aromatic carbocycles. The summed E-state index contributed by atoms with van der Waals surface area (Å²) in [5.41, 5.74) is 4.13. The fourth-order valence-electron chi connectivity index (χ4n) is 2.28. The lowest BCUT2D eigenvalue weighted by atomic mass is 10.1. The van der Waals surface area contributed by atoms with Crippen LogP contribution in [0.4, 0.5) is 0 Å². The maximum absolute atomic E-state index is 11.8. The third-order valence-corrected chi connectivity index (χ3v) is 2.96. The van der Waals surface area contributed by atoms with Crippen LogP contribution in [0.25, 0.3) is 16.4 Å². The summed E-state index contributed by atoms with van der Waals surface area (Å²) in [5, 5.41) is 1.10. The molecule has 2 aromatic heterocycles. The lowest BCUT2D eigenvalue weighted by Crippen LogP contribution is -2.15. The van der Waals surface area contributed by atoms with Crippen LogP contribution in [0, 0.1) is 13.8 Å². The van der Waals surface area contributed by atoms with Gasteiger partial charge in [-0.25, -0.2) is 4.79 Å².